The average Bonchev–Trinajstić information content (AvgIpc) is 3.30. The number of hydrogen-bond donors (Lipinski definition) is 1. The molecule has 1 amide bonds. The standard InChI is InChI=1S/C23H17FN4O/c24-17-7-11-19(12-8-17)28-22(26-21-4-2-1-3-20(21)23(28)29)16-5-9-18(10-6-16)27-14-13-25-15-27/h1-15,22,26H. The lowest BCUT2D eigenvalue weighted by molar-refractivity contribution is 0.0975. The van der Waals surface area contributed by atoms with Gasteiger partial charge in [0.2, 0.25) is 0 Å². The number of halogens is 1. The molecular formula is C23H17FN4O. The van der Waals surface area contributed by atoms with Crippen molar-refractivity contribution in [3.63, 3.8) is 0 Å². The molecule has 0 aliphatic carbocycles. The number of fused-ring (bicyclic) bond motifs is 1. The van der Waals surface area contributed by atoms with Crippen LogP contribution in [-0.4, -0.2) is 15.5 Å². The Balaban J connectivity index is 1.58. The van der Waals surface area contributed by atoms with Crippen LogP contribution in [-0.2, 0) is 0 Å². The number of benzene rings is 3. The van der Waals surface area contributed by atoms with Crippen LogP contribution in [0.5, 0.6) is 0 Å². The number of rotatable bonds is 3. The van der Waals surface area contributed by atoms with E-state index in [1.165, 1.54) is 12.1 Å². The van der Waals surface area contributed by atoms with Crippen molar-refractivity contribution in [3.05, 3.63) is 108 Å². The molecule has 1 atom stereocenters. The largest absolute Gasteiger partial charge is 0.360 e. The highest BCUT2D eigenvalue weighted by atomic mass is 19.1. The lowest BCUT2D eigenvalue weighted by Gasteiger charge is -2.38. The fourth-order valence-electron chi connectivity index (χ4n) is 3.60. The monoisotopic (exact) mass is 384 g/mol. The average molecular weight is 384 g/mol. The summed E-state index contributed by atoms with van der Waals surface area (Å²) in [5.74, 6) is -0.470. The SMILES string of the molecule is O=C1c2ccccc2NC(c2ccc(-n3ccnc3)cc2)N1c1ccc(F)cc1. The molecule has 1 aromatic heterocycles. The lowest BCUT2D eigenvalue weighted by Crippen LogP contribution is -2.43. The maximum atomic E-state index is 13.5. The van der Waals surface area contributed by atoms with Gasteiger partial charge in [0.05, 0.1) is 11.9 Å². The van der Waals surface area contributed by atoms with Crippen LogP contribution >= 0.6 is 0 Å². The normalized spacial score (nSPS) is 15.7. The topological polar surface area (TPSA) is 50.2 Å². The third-order valence-corrected chi connectivity index (χ3v) is 5.04. The Morgan fingerprint density at radius 2 is 1.62 bits per heavy atom. The van der Waals surface area contributed by atoms with Crippen LogP contribution in [0.4, 0.5) is 15.8 Å². The first-order valence-corrected chi connectivity index (χ1v) is 9.24. The Kier molecular flexibility index (Phi) is 4.09. The number of imidazole rings is 1. The van der Waals surface area contributed by atoms with Gasteiger partial charge in [-0.2, -0.15) is 0 Å². The highest BCUT2D eigenvalue weighted by Gasteiger charge is 2.33. The number of hydrogen-bond acceptors (Lipinski definition) is 3. The first kappa shape index (κ1) is 17.2. The molecule has 0 saturated heterocycles. The van der Waals surface area contributed by atoms with Crippen molar-refractivity contribution < 1.29 is 9.18 Å². The number of anilines is 2. The van der Waals surface area contributed by atoms with Gasteiger partial charge in [-0.3, -0.25) is 9.69 Å². The van der Waals surface area contributed by atoms with Crippen LogP contribution in [0, 0.1) is 5.82 Å². The first-order chi connectivity index (χ1) is 14.2. The summed E-state index contributed by atoms with van der Waals surface area (Å²) in [6.07, 6.45) is 4.92. The van der Waals surface area contributed by atoms with Gasteiger partial charge in [0, 0.05) is 29.5 Å². The van der Waals surface area contributed by atoms with Gasteiger partial charge in [0.25, 0.3) is 5.91 Å². The van der Waals surface area contributed by atoms with Crippen molar-refractivity contribution in [2.45, 2.75) is 6.17 Å². The van der Waals surface area contributed by atoms with Crippen LogP contribution in [0.3, 0.4) is 0 Å². The molecule has 0 spiro atoms. The zero-order chi connectivity index (χ0) is 19.8. The molecular weight excluding hydrogens is 367 g/mol. The van der Waals surface area contributed by atoms with E-state index in [-0.39, 0.29) is 11.7 Å². The summed E-state index contributed by atoms with van der Waals surface area (Å²) < 4.78 is 15.4. The summed E-state index contributed by atoms with van der Waals surface area (Å²) in [5.41, 5.74) is 3.88. The van der Waals surface area contributed by atoms with Gasteiger partial charge in [0.1, 0.15) is 12.0 Å². The van der Waals surface area contributed by atoms with E-state index in [9.17, 15) is 9.18 Å². The minimum atomic E-state index is -0.417. The Morgan fingerprint density at radius 3 is 2.34 bits per heavy atom. The first-order valence-electron chi connectivity index (χ1n) is 9.24. The summed E-state index contributed by atoms with van der Waals surface area (Å²) in [6, 6.07) is 21.3. The predicted octanol–water partition coefficient (Wildman–Crippen LogP) is 4.78. The molecule has 142 valence electrons. The second-order valence-electron chi connectivity index (χ2n) is 6.81. The highest BCUT2D eigenvalue weighted by Crippen LogP contribution is 2.36. The van der Waals surface area contributed by atoms with Crippen molar-refractivity contribution in [2.24, 2.45) is 0 Å². The van der Waals surface area contributed by atoms with Gasteiger partial charge in [-0.25, -0.2) is 9.37 Å². The van der Waals surface area contributed by atoms with Crippen molar-refractivity contribution >= 4 is 17.3 Å². The molecule has 6 heteroatoms. The Morgan fingerprint density at radius 1 is 0.897 bits per heavy atom. The van der Waals surface area contributed by atoms with Gasteiger partial charge in [-0.1, -0.05) is 24.3 Å². The van der Waals surface area contributed by atoms with E-state index in [0.29, 0.717) is 11.3 Å². The summed E-state index contributed by atoms with van der Waals surface area (Å²) >= 11 is 0. The van der Waals surface area contributed by atoms with Gasteiger partial charge in [-0.15, -0.1) is 0 Å². The summed E-state index contributed by atoms with van der Waals surface area (Å²) in [7, 11) is 0. The Bertz CT molecular complexity index is 1150. The van der Waals surface area contributed by atoms with Crippen LogP contribution in [0.2, 0.25) is 0 Å². The maximum Gasteiger partial charge on any atom is 0.262 e. The molecule has 0 bridgehead atoms. The molecule has 4 aromatic rings. The fraction of sp³-hybridized carbons (Fsp3) is 0.0435. The molecule has 5 rings (SSSR count). The molecule has 3 aromatic carbocycles. The number of nitrogens with zero attached hydrogens (tertiary/aromatic N) is 3. The second-order valence-corrected chi connectivity index (χ2v) is 6.81. The molecule has 1 N–H and O–H groups in total. The third-order valence-electron chi connectivity index (χ3n) is 5.04. The quantitative estimate of drug-likeness (QED) is 0.553. The number of para-hydroxylation sites is 1. The molecule has 1 aliphatic rings. The highest BCUT2D eigenvalue weighted by molar-refractivity contribution is 6.12. The smallest absolute Gasteiger partial charge is 0.262 e. The third kappa shape index (κ3) is 3.04. The predicted molar refractivity (Wildman–Crippen MR) is 110 cm³/mol. The number of nitrogens with one attached hydrogen (secondary N) is 1. The summed E-state index contributed by atoms with van der Waals surface area (Å²) in [4.78, 5) is 19.1. The maximum absolute atomic E-state index is 13.5. The van der Waals surface area contributed by atoms with Crippen molar-refractivity contribution in [1.82, 2.24) is 9.55 Å². The van der Waals surface area contributed by atoms with E-state index in [4.69, 9.17) is 0 Å². The van der Waals surface area contributed by atoms with Gasteiger partial charge in [-0.05, 0) is 54.1 Å². The molecule has 0 radical (unpaired) electrons. The van der Waals surface area contributed by atoms with Gasteiger partial charge < -0.3 is 9.88 Å². The molecule has 1 aliphatic heterocycles. The number of aromatic nitrogens is 2. The van der Waals surface area contributed by atoms with Crippen molar-refractivity contribution in [3.8, 4) is 5.69 Å². The van der Waals surface area contributed by atoms with E-state index < -0.39 is 6.17 Å². The van der Waals surface area contributed by atoms with Gasteiger partial charge >= 0.3 is 0 Å². The number of carbonyl (C=O) groups excluding carboxylic acids is 1. The van der Waals surface area contributed by atoms with Crippen molar-refractivity contribution in [1.29, 1.82) is 0 Å². The van der Waals surface area contributed by atoms with Crippen LogP contribution < -0.4 is 10.2 Å². The Hall–Kier alpha value is -3.93. The van der Waals surface area contributed by atoms with E-state index in [1.807, 2.05) is 53.2 Å². The molecule has 1 unspecified atom stereocenters. The van der Waals surface area contributed by atoms with E-state index in [0.717, 1.165) is 16.9 Å². The minimum Gasteiger partial charge on any atom is -0.360 e. The minimum absolute atomic E-state index is 0.130. The number of amides is 1. The van der Waals surface area contributed by atoms with E-state index in [2.05, 4.69) is 10.3 Å². The molecule has 29 heavy (non-hydrogen) atoms. The summed E-state index contributed by atoms with van der Waals surface area (Å²) in [5, 5.41) is 3.45. The van der Waals surface area contributed by atoms with Crippen LogP contribution in [0.25, 0.3) is 5.69 Å². The lowest BCUT2D eigenvalue weighted by atomic mass is 10.0. The molecule has 2 heterocycles. The van der Waals surface area contributed by atoms with E-state index >= 15 is 0 Å². The van der Waals surface area contributed by atoms with Crippen LogP contribution in [0.15, 0.2) is 91.5 Å². The fourth-order valence-corrected chi connectivity index (χ4v) is 3.60. The zero-order valence-electron chi connectivity index (χ0n) is 15.4. The zero-order valence-corrected chi connectivity index (χ0v) is 15.4. The summed E-state index contributed by atoms with van der Waals surface area (Å²) in [6.45, 7) is 0. The number of carbonyl (C=O) groups is 1. The van der Waals surface area contributed by atoms with E-state index in [1.54, 1.807) is 35.6 Å². The van der Waals surface area contributed by atoms with Crippen LogP contribution in [0.1, 0.15) is 22.1 Å². The second kappa shape index (κ2) is 6.91. The molecule has 0 saturated carbocycles. The molecule has 0 fully saturated rings. The van der Waals surface area contributed by atoms with Gasteiger partial charge in [0.15, 0.2) is 0 Å². The Labute approximate surface area is 167 Å². The molecule has 5 nitrogen and oxygen atoms in total. The van der Waals surface area contributed by atoms with Crippen molar-refractivity contribution in [2.75, 3.05) is 10.2 Å².